The Morgan fingerprint density at radius 3 is 2.76 bits per heavy atom. The first-order chi connectivity index (χ1) is 9.93. The van der Waals surface area contributed by atoms with Gasteiger partial charge in [-0.25, -0.2) is 10.8 Å². The van der Waals surface area contributed by atoms with Crippen LogP contribution in [0.25, 0.3) is 0 Å². The average molecular weight is 390 g/mol. The molecule has 0 radical (unpaired) electrons. The van der Waals surface area contributed by atoms with Crippen LogP contribution < -0.4 is 16.6 Å². The van der Waals surface area contributed by atoms with E-state index >= 15 is 0 Å². The summed E-state index contributed by atoms with van der Waals surface area (Å²) in [6.07, 6.45) is 1.53. The minimum absolute atomic E-state index is 0.246. The number of aryl methyl sites for hydroxylation is 1. The second-order valence-electron chi connectivity index (χ2n) is 4.20. The van der Waals surface area contributed by atoms with Gasteiger partial charge in [0.05, 0.1) is 21.3 Å². The zero-order valence-electron chi connectivity index (χ0n) is 10.9. The third-order valence-electron chi connectivity index (χ3n) is 2.76. The molecule has 1 heterocycles. The number of carbonyl (C=O) groups excluding carboxylic acids is 1. The van der Waals surface area contributed by atoms with Gasteiger partial charge in [0.15, 0.2) is 5.82 Å². The second-order valence-corrected chi connectivity index (χ2v) is 5.90. The molecule has 0 bridgehead atoms. The summed E-state index contributed by atoms with van der Waals surface area (Å²) in [7, 11) is 0. The topological polar surface area (TPSA) is 80.0 Å². The van der Waals surface area contributed by atoms with Gasteiger partial charge in [-0.3, -0.25) is 4.79 Å². The molecular weight excluding hydrogens is 379 g/mol. The number of hydrogen-bond donors (Lipinski definition) is 3. The minimum Gasteiger partial charge on any atom is -0.319 e. The molecule has 110 valence electrons. The number of halogens is 3. The number of aromatic nitrogens is 1. The molecule has 1 aromatic carbocycles. The number of nitrogen functional groups attached to an aromatic ring is 1. The molecule has 0 aliphatic heterocycles. The molecule has 0 spiro atoms. The molecule has 0 unspecified atom stereocenters. The smallest absolute Gasteiger partial charge is 0.259 e. The Hall–Kier alpha value is -1.34. The van der Waals surface area contributed by atoms with Crippen molar-refractivity contribution in [1.82, 2.24) is 4.98 Å². The van der Waals surface area contributed by atoms with Crippen molar-refractivity contribution in [3.05, 3.63) is 50.0 Å². The average Bonchev–Trinajstić information content (AvgIpc) is 2.47. The van der Waals surface area contributed by atoms with Crippen molar-refractivity contribution in [1.29, 1.82) is 0 Å². The first-order valence-electron chi connectivity index (χ1n) is 5.82. The predicted octanol–water partition coefficient (Wildman–Crippen LogP) is 4.00. The quantitative estimate of drug-likeness (QED) is 0.547. The van der Waals surface area contributed by atoms with Gasteiger partial charge in [0.1, 0.15) is 0 Å². The zero-order valence-corrected chi connectivity index (χ0v) is 14.0. The van der Waals surface area contributed by atoms with Gasteiger partial charge in [0.25, 0.3) is 5.91 Å². The first kappa shape index (κ1) is 16.0. The van der Waals surface area contributed by atoms with Gasteiger partial charge >= 0.3 is 0 Å². The normalized spacial score (nSPS) is 10.3. The molecule has 2 aromatic rings. The third kappa shape index (κ3) is 3.47. The third-order valence-corrected chi connectivity index (χ3v) is 3.99. The number of rotatable bonds is 3. The van der Waals surface area contributed by atoms with E-state index in [-0.39, 0.29) is 11.4 Å². The fourth-order valence-corrected chi connectivity index (χ4v) is 2.48. The van der Waals surface area contributed by atoms with Gasteiger partial charge in [0.2, 0.25) is 0 Å². The highest BCUT2D eigenvalue weighted by Gasteiger charge is 2.17. The van der Waals surface area contributed by atoms with E-state index in [1.807, 2.05) is 6.92 Å². The Morgan fingerprint density at radius 1 is 1.38 bits per heavy atom. The van der Waals surface area contributed by atoms with Crippen LogP contribution in [0.2, 0.25) is 10.0 Å². The Morgan fingerprint density at radius 2 is 2.10 bits per heavy atom. The van der Waals surface area contributed by atoms with Crippen molar-refractivity contribution in [2.45, 2.75) is 6.92 Å². The number of hydrazine groups is 1. The Labute approximate surface area is 139 Å². The lowest BCUT2D eigenvalue weighted by Gasteiger charge is -2.13. The molecule has 1 aromatic heterocycles. The van der Waals surface area contributed by atoms with Gasteiger partial charge in [-0.2, -0.15) is 0 Å². The number of amides is 1. The number of anilines is 2. The van der Waals surface area contributed by atoms with E-state index in [9.17, 15) is 4.79 Å². The summed E-state index contributed by atoms with van der Waals surface area (Å²) in [5.41, 5.74) is 3.80. The number of hydrogen-bond acceptors (Lipinski definition) is 4. The van der Waals surface area contributed by atoms with Crippen molar-refractivity contribution in [3.8, 4) is 0 Å². The van der Waals surface area contributed by atoms with Crippen LogP contribution in [0.4, 0.5) is 11.5 Å². The highest BCUT2D eigenvalue weighted by Crippen LogP contribution is 2.33. The standard InChI is InChI=1S/C13H11BrCl2N4O/c1-6-2-3-9(15)11(10(6)16)19-13(21)8-4-7(14)5-18-12(8)20-17/h2-5H,17H2,1H3,(H,18,20)(H,19,21). The largest absolute Gasteiger partial charge is 0.319 e. The van der Waals surface area contributed by atoms with Crippen LogP contribution in [-0.4, -0.2) is 10.9 Å². The molecule has 8 heteroatoms. The fourth-order valence-electron chi connectivity index (χ4n) is 1.68. The SMILES string of the molecule is Cc1ccc(Cl)c(NC(=O)c2cc(Br)cnc2NN)c1Cl. The summed E-state index contributed by atoms with van der Waals surface area (Å²) < 4.78 is 0.646. The predicted molar refractivity (Wildman–Crippen MR) is 88.9 cm³/mol. The van der Waals surface area contributed by atoms with Gasteiger partial charge in [0, 0.05) is 10.7 Å². The summed E-state index contributed by atoms with van der Waals surface area (Å²) in [6.45, 7) is 1.82. The van der Waals surface area contributed by atoms with Crippen molar-refractivity contribution in [2.75, 3.05) is 10.7 Å². The Kier molecular flexibility index (Phi) is 5.05. The summed E-state index contributed by atoms with van der Waals surface area (Å²) in [4.78, 5) is 16.4. The molecule has 0 aliphatic rings. The summed E-state index contributed by atoms with van der Waals surface area (Å²) in [6, 6.07) is 5.03. The highest BCUT2D eigenvalue weighted by atomic mass is 79.9. The summed E-state index contributed by atoms with van der Waals surface area (Å²) >= 11 is 15.5. The molecule has 2 rings (SSSR count). The van der Waals surface area contributed by atoms with E-state index in [4.69, 9.17) is 29.0 Å². The summed E-state index contributed by atoms with van der Waals surface area (Å²) in [5, 5.41) is 3.42. The minimum atomic E-state index is -0.425. The van der Waals surface area contributed by atoms with Crippen LogP contribution in [-0.2, 0) is 0 Å². The maximum atomic E-state index is 12.4. The van der Waals surface area contributed by atoms with Crippen LogP contribution in [0.1, 0.15) is 15.9 Å². The molecule has 0 saturated heterocycles. The number of pyridine rings is 1. The lowest BCUT2D eigenvalue weighted by atomic mass is 10.2. The van der Waals surface area contributed by atoms with E-state index in [0.717, 1.165) is 5.56 Å². The van der Waals surface area contributed by atoms with E-state index in [0.29, 0.717) is 20.2 Å². The van der Waals surface area contributed by atoms with Crippen molar-refractivity contribution >= 4 is 56.5 Å². The van der Waals surface area contributed by atoms with Crippen LogP contribution in [0.5, 0.6) is 0 Å². The molecule has 0 atom stereocenters. The summed E-state index contributed by atoms with van der Waals surface area (Å²) in [5.74, 6) is 5.18. The number of nitrogens with zero attached hydrogens (tertiary/aromatic N) is 1. The monoisotopic (exact) mass is 388 g/mol. The molecule has 21 heavy (non-hydrogen) atoms. The molecule has 0 saturated carbocycles. The zero-order chi connectivity index (χ0) is 15.6. The Balaban J connectivity index is 2.39. The second kappa shape index (κ2) is 6.62. The van der Waals surface area contributed by atoms with Gasteiger partial charge in [-0.15, -0.1) is 0 Å². The number of carbonyl (C=O) groups is 1. The van der Waals surface area contributed by atoms with E-state index in [1.165, 1.54) is 6.20 Å². The molecular formula is C13H11BrCl2N4O. The lowest BCUT2D eigenvalue weighted by Crippen LogP contribution is -2.19. The van der Waals surface area contributed by atoms with Gasteiger partial charge in [-0.1, -0.05) is 29.3 Å². The van der Waals surface area contributed by atoms with E-state index in [2.05, 4.69) is 31.7 Å². The van der Waals surface area contributed by atoms with Crippen molar-refractivity contribution < 1.29 is 4.79 Å². The first-order valence-corrected chi connectivity index (χ1v) is 7.37. The van der Waals surface area contributed by atoms with E-state index in [1.54, 1.807) is 18.2 Å². The number of nitrogens with two attached hydrogens (primary N) is 1. The number of benzene rings is 1. The maximum absolute atomic E-state index is 12.4. The van der Waals surface area contributed by atoms with Gasteiger partial charge < -0.3 is 10.7 Å². The van der Waals surface area contributed by atoms with E-state index < -0.39 is 5.91 Å². The molecule has 4 N–H and O–H groups in total. The van der Waals surface area contributed by atoms with Crippen molar-refractivity contribution in [3.63, 3.8) is 0 Å². The lowest BCUT2D eigenvalue weighted by molar-refractivity contribution is 0.102. The van der Waals surface area contributed by atoms with Crippen molar-refractivity contribution in [2.24, 2.45) is 5.84 Å². The highest BCUT2D eigenvalue weighted by molar-refractivity contribution is 9.10. The van der Waals surface area contributed by atoms with Crippen LogP contribution in [0.3, 0.4) is 0 Å². The molecule has 5 nitrogen and oxygen atoms in total. The molecule has 0 fully saturated rings. The van der Waals surface area contributed by atoms with Crippen LogP contribution in [0.15, 0.2) is 28.9 Å². The molecule has 0 aliphatic carbocycles. The van der Waals surface area contributed by atoms with Gasteiger partial charge in [-0.05, 0) is 40.5 Å². The molecule has 1 amide bonds. The number of nitrogens with one attached hydrogen (secondary N) is 2. The fraction of sp³-hybridized carbons (Fsp3) is 0.0769. The van der Waals surface area contributed by atoms with Crippen LogP contribution >= 0.6 is 39.1 Å². The maximum Gasteiger partial charge on any atom is 0.259 e. The Bertz CT molecular complexity index is 709. The van der Waals surface area contributed by atoms with Crippen LogP contribution in [0, 0.1) is 6.92 Å².